The number of anilines is 2. The van der Waals surface area contributed by atoms with Crippen molar-refractivity contribution in [3.05, 3.63) is 11.9 Å². The standard InChI is InChI=1S/C15H28N4O/c1-7-12(4)19(8-9-20-6)15-13(11(2)3)14(16-5)17-10-18-15/h10-12H,7-9H2,1-6H3,(H,16,17,18). The topological polar surface area (TPSA) is 50.3 Å². The van der Waals surface area contributed by atoms with Gasteiger partial charge in [-0.2, -0.15) is 0 Å². The fourth-order valence-corrected chi connectivity index (χ4v) is 2.29. The van der Waals surface area contributed by atoms with Crippen LogP contribution in [0.4, 0.5) is 11.6 Å². The van der Waals surface area contributed by atoms with E-state index in [2.05, 4.69) is 47.9 Å². The zero-order valence-corrected chi connectivity index (χ0v) is 13.6. The number of hydrogen-bond donors (Lipinski definition) is 1. The van der Waals surface area contributed by atoms with E-state index in [1.54, 1.807) is 13.4 Å². The quantitative estimate of drug-likeness (QED) is 0.793. The van der Waals surface area contributed by atoms with Crippen LogP contribution in [0.1, 0.15) is 45.6 Å². The Morgan fingerprint density at radius 3 is 2.50 bits per heavy atom. The van der Waals surface area contributed by atoms with Crippen LogP contribution >= 0.6 is 0 Å². The summed E-state index contributed by atoms with van der Waals surface area (Å²) < 4.78 is 5.24. The third kappa shape index (κ3) is 3.82. The highest BCUT2D eigenvalue weighted by atomic mass is 16.5. The van der Waals surface area contributed by atoms with Crippen molar-refractivity contribution in [2.45, 2.75) is 46.1 Å². The minimum absolute atomic E-state index is 0.364. The van der Waals surface area contributed by atoms with Gasteiger partial charge in [0.15, 0.2) is 0 Å². The Balaban J connectivity index is 3.24. The summed E-state index contributed by atoms with van der Waals surface area (Å²) in [6.45, 7) is 10.3. The van der Waals surface area contributed by atoms with Gasteiger partial charge in [-0.1, -0.05) is 20.8 Å². The molecule has 5 nitrogen and oxygen atoms in total. The highest BCUT2D eigenvalue weighted by Gasteiger charge is 2.22. The molecular weight excluding hydrogens is 252 g/mol. The summed E-state index contributed by atoms with van der Waals surface area (Å²) in [4.78, 5) is 11.2. The SMILES string of the molecule is CCC(C)N(CCOC)c1ncnc(NC)c1C(C)C. The van der Waals surface area contributed by atoms with Gasteiger partial charge >= 0.3 is 0 Å². The summed E-state index contributed by atoms with van der Waals surface area (Å²) in [5.41, 5.74) is 1.17. The second-order valence-electron chi connectivity index (χ2n) is 5.31. The van der Waals surface area contributed by atoms with E-state index in [-0.39, 0.29) is 0 Å². The molecule has 0 saturated heterocycles. The van der Waals surface area contributed by atoms with Crippen molar-refractivity contribution in [3.63, 3.8) is 0 Å². The number of hydrogen-bond acceptors (Lipinski definition) is 5. The lowest BCUT2D eigenvalue weighted by Gasteiger charge is -2.32. The Morgan fingerprint density at radius 1 is 1.30 bits per heavy atom. The maximum atomic E-state index is 5.24. The molecule has 114 valence electrons. The lowest BCUT2D eigenvalue weighted by molar-refractivity contribution is 0.203. The maximum Gasteiger partial charge on any atom is 0.137 e. The van der Waals surface area contributed by atoms with E-state index in [9.17, 15) is 0 Å². The van der Waals surface area contributed by atoms with E-state index < -0.39 is 0 Å². The molecule has 1 rings (SSSR count). The molecule has 0 saturated carbocycles. The van der Waals surface area contributed by atoms with E-state index in [0.717, 1.165) is 24.6 Å². The summed E-state index contributed by atoms with van der Waals surface area (Å²) in [5.74, 6) is 2.30. The first kappa shape index (κ1) is 16.7. The molecule has 1 aromatic rings. The summed E-state index contributed by atoms with van der Waals surface area (Å²) in [6.07, 6.45) is 2.70. The molecule has 20 heavy (non-hydrogen) atoms. The van der Waals surface area contributed by atoms with Gasteiger partial charge in [-0.05, 0) is 19.3 Å². The van der Waals surface area contributed by atoms with Gasteiger partial charge in [0.05, 0.1) is 6.61 Å². The Hall–Kier alpha value is -1.36. The number of methoxy groups -OCH3 is 1. The van der Waals surface area contributed by atoms with Gasteiger partial charge in [-0.15, -0.1) is 0 Å². The van der Waals surface area contributed by atoms with Crippen LogP contribution in [0.3, 0.4) is 0 Å². The number of ether oxygens (including phenoxy) is 1. The van der Waals surface area contributed by atoms with Gasteiger partial charge in [-0.25, -0.2) is 9.97 Å². The van der Waals surface area contributed by atoms with Crippen molar-refractivity contribution < 1.29 is 4.74 Å². The molecule has 0 aliphatic carbocycles. The molecule has 0 amide bonds. The van der Waals surface area contributed by atoms with E-state index in [0.29, 0.717) is 18.6 Å². The Labute approximate surface area is 122 Å². The molecule has 0 aliphatic rings. The Bertz CT molecular complexity index is 409. The summed E-state index contributed by atoms with van der Waals surface area (Å²) >= 11 is 0. The van der Waals surface area contributed by atoms with Crippen LogP contribution in [0.15, 0.2) is 6.33 Å². The summed E-state index contributed by atoms with van der Waals surface area (Å²) in [7, 11) is 3.64. The van der Waals surface area contributed by atoms with Gasteiger partial charge in [0.1, 0.15) is 18.0 Å². The molecule has 0 bridgehead atoms. The van der Waals surface area contributed by atoms with E-state index in [1.165, 1.54) is 5.56 Å². The van der Waals surface area contributed by atoms with Crippen LogP contribution < -0.4 is 10.2 Å². The predicted molar refractivity (Wildman–Crippen MR) is 84.6 cm³/mol. The Kier molecular flexibility index (Phi) is 6.71. The van der Waals surface area contributed by atoms with Crippen molar-refractivity contribution in [1.29, 1.82) is 0 Å². The van der Waals surface area contributed by atoms with Gasteiger partial charge in [-0.3, -0.25) is 0 Å². The van der Waals surface area contributed by atoms with Crippen LogP contribution in [0, 0.1) is 0 Å². The second kappa shape index (κ2) is 8.04. The van der Waals surface area contributed by atoms with Crippen LogP contribution in [-0.2, 0) is 4.74 Å². The summed E-state index contributed by atoms with van der Waals surface area (Å²) in [6, 6.07) is 0.419. The van der Waals surface area contributed by atoms with Gasteiger partial charge < -0.3 is 15.0 Å². The molecular formula is C15H28N4O. The zero-order valence-electron chi connectivity index (χ0n) is 13.6. The first-order chi connectivity index (χ1) is 9.56. The van der Waals surface area contributed by atoms with Crippen molar-refractivity contribution >= 4 is 11.6 Å². The van der Waals surface area contributed by atoms with E-state index in [1.807, 2.05) is 7.05 Å². The van der Waals surface area contributed by atoms with Crippen LogP contribution in [0.5, 0.6) is 0 Å². The molecule has 1 atom stereocenters. The number of aromatic nitrogens is 2. The molecule has 1 aromatic heterocycles. The molecule has 1 unspecified atom stereocenters. The molecule has 0 aliphatic heterocycles. The average molecular weight is 280 g/mol. The fraction of sp³-hybridized carbons (Fsp3) is 0.733. The molecule has 0 fully saturated rings. The minimum Gasteiger partial charge on any atom is -0.383 e. The third-order valence-corrected chi connectivity index (χ3v) is 3.61. The molecule has 1 N–H and O–H groups in total. The van der Waals surface area contributed by atoms with Crippen molar-refractivity contribution in [2.24, 2.45) is 0 Å². The van der Waals surface area contributed by atoms with Crippen LogP contribution in [0.25, 0.3) is 0 Å². The Morgan fingerprint density at radius 2 is 2.00 bits per heavy atom. The molecule has 0 radical (unpaired) electrons. The largest absolute Gasteiger partial charge is 0.383 e. The maximum absolute atomic E-state index is 5.24. The predicted octanol–water partition coefficient (Wildman–Crippen LogP) is 2.89. The average Bonchev–Trinajstić information content (AvgIpc) is 2.46. The molecule has 0 spiro atoms. The van der Waals surface area contributed by atoms with E-state index in [4.69, 9.17) is 4.74 Å². The van der Waals surface area contributed by atoms with Crippen LogP contribution in [0.2, 0.25) is 0 Å². The fourth-order valence-electron chi connectivity index (χ4n) is 2.29. The number of nitrogens with one attached hydrogen (secondary N) is 1. The van der Waals surface area contributed by atoms with Gasteiger partial charge in [0.2, 0.25) is 0 Å². The summed E-state index contributed by atoms with van der Waals surface area (Å²) in [5, 5.41) is 3.18. The zero-order chi connectivity index (χ0) is 15.1. The van der Waals surface area contributed by atoms with E-state index >= 15 is 0 Å². The second-order valence-corrected chi connectivity index (χ2v) is 5.31. The van der Waals surface area contributed by atoms with Gasteiger partial charge in [0.25, 0.3) is 0 Å². The van der Waals surface area contributed by atoms with Crippen LogP contribution in [-0.4, -0.2) is 43.3 Å². The highest BCUT2D eigenvalue weighted by Crippen LogP contribution is 2.31. The number of nitrogens with zero attached hydrogens (tertiary/aromatic N) is 3. The normalized spacial score (nSPS) is 12.6. The van der Waals surface area contributed by atoms with Gasteiger partial charge in [0, 0.05) is 32.3 Å². The first-order valence-electron chi connectivity index (χ1n) is 7.34. The van der Waals surface area contributed by atoms with Crippen molar-refractivity contribution in [1.82, 2.24) is 9.97 Å². The third-order valence-electron chi connectivity index (χ3n) is 3.61. The van der Waals surface area contributed by atoms with Crippen molar-refractivity contribution in [3.8, 4) is 0 Å². The molecule has 1 heterocycles. The molecule has 5 heteroatoms. The highest BCUT2D eigenvalue weighted by molar-refractivity contribution is 5.60. The first-order valence-corrected chi connectivity index (χ1v) is 7.34. The number of rotatable bonds is 8. The lowest BCUT2D eigenvalue weighted by atomic mass is 10.0. The monoisotopic (exact) mass is 280 g/mol. The smallest absolute Gasteiger partial charge is 0.137 e. The minimum atomic E-state index is 0.364. The molecule has 0 aromatic carbocycles. The van der Waals surface area contributed by atoms with Crippen molar-refractivity contribution in [2.75, 3.05) is 37.5 Å². The lowest BCUT2D eigenvalue weighted by Crippen LogP contribution is -2.37.